The van der Waals surface area contributed by atoms with Gasteiger partial charge in [0.15, 0.2) is 0 Å². The summed E-state index contributed by atoms with van der Waals surface area (Å²) in [7, 11) is -3.73. The van der Waals surface area contributed by atoms with Crippen LogP contribution in [0.1, 0.15) is 10.5 Å². The van der Waals surface area contributed by atoms with E-state index in [2.05, 4.69) is 9.51 Å². The van der Waals surface area contributed by atoms with E-state index in [1.54, 1.807) is 6.07 Å². The third-order valence-electron chi connectivity index (χ3n) is 1.04. The van der Waals surface area contributed by atoms with E-state index >= 15 is 0 Å². The lowest BCUT2D eigenvalue weighted by Crippen LogP contribution is -2.13. The first-order chi connectivity index (χ1) is 5.49. The zero-order valence-electron chi connectivity index (χ0n) is 6.06. The van der Waals surface area contributed by atoms with Crippen LogP contribution in [-0.2, 0) is 9.09 Å². The molecule has 0 saturated carbocycles. The molecule has 0 aliphatic heterocycles. The molecule has 0 bridgehead atoms. The van der Waals surface area contributed by atoms with Gasteiger partial charge in [-0.2, -0.15) is 0 Å². The summed E-state index contributed by atoms with van der Waals surface area (Å²) in [6, 6.07) is 3.05. The third kappa shape index (κ3) is 2.50. The van der Waals surface area contributed by atoms with Gasteiger partial charge in [0.25, 0.3) is 0 Å². The summed E-state index contributed by atoms with van der Waals surface area (Å²) in [6.07, 6.45) is 1.52. The van der Waals surface area contributed by atoms with Crippen molar-refractivity contribution in [1.82, 2.24) is 4.98 Å². The second kappa shape index (κ2) is 3.10. The van der Waals surface area contributed by atoms with Gasteiger partial charge in [0.05, 0.1) is 0 Å². The maximum atomic E-state index is 10.9. The lowest BCUT2D eigenvalue weighted by Gasteiger charge is -2.05. The molecule has 0 saturated heterocycles. The molecule has 0 atom stereocenters. The molecule has 0 fully saturated rings. The Morgan fingerprint density at radius 2 is 2.25 bits per heavy atom. The van der Waals surface area contributed by atoms with Gasteiger partial charge >= 0.3 is 13.6 Å². The van der Waals surface area contributed by atoms with E-state index < -0.39 is 13.6 Å². The maximum Gasteiger partial charge on any atom is 0.387 e. The number of aromatic nitrogens is 1. The largest absolute Gasteiger partial charge is 0.387 e. The first-order valence-electron chi connectivity index (χ1n) is 3.03. The first-order valence-corrected chi connectivity index (χ1v) is 4.80. The van der Waals surface area contributed by atoms with Gasteiger partial charge in [-0.1, -0.05) is 0 Å². The van der Waals surface area contributed by atoms with Gasteiger partial charge in [-0.3, -0.25) is 0 Å². The minimum Gasteiger partial charge on any atom is -0.385 e. The van der Waals surface area contributed by atoms with Gasteiger partial charge in [0, 0.05) is 6.20 Å². The highest BCUT2D eigenvalue weighted by atomic mass is 31.2. The van der Waals surface area contributed by atoms with Gasteiger partial charge in [0.1, 0.15) is 5.69 Å². The SMILES string of the molecule is NP(N)(=O)OC(=O)c1ccc[nH]1. The molecule has 0 aliphatic rings. The van der Waals surface area contributed by atoms with Crippen LogP contribution in [0.5, 0.6) is 0 Å². The Morgan fingerprint density at radius 3 is 2.67 bits per heavy atom. The molecular weight excluding hydrogens is 181 g/mol. The smallest absolute Gasteiger partial charge is 0.385 e. The number of aromatic amines is 1. The first kappa shape index (κ1) is 8.99. The van der Waals surface area contributed by atoms with Gasteiger partial charge < -0.3 is 9.51 Å². The Morgan fingerprint density at radius 1 is 1.58 bits per heavy atom. The maximum absolute atomic E-state index is 10.9. The Kier molecular flexibility index (Phi) is 2.32. The molecule has 1 rings (SSSR count). The van der Waals surface area contributed by atoms with Crippen LogP contribution in [0.25, 0.3) is 0 Å². The molecule has 7 heteroatoms. The van der Waals surface area contributed by atoms with E-state index in [0.717, 1.165) is 0 Å². The summed E-state index contributed by atoms with van der Waals surface area (Å²) in [6.45, 7) is 0. The minimum absolute atomic E-state index is 0.158. The van der Waals surface area contributed by atoms with E-state index in [0.29, 0.717) is 0 Å². The highest BCUT2D eigenvalue weighted by Gasteiger charge is 2.17. The lowest BCUT2D eigenvalue weighted by atomic mass is 10.4. The molecule has 1 aromatic rings. The fourth-order valence-electron chi connectivity index (χ4n) is 0.636. The van der Waals surface area contributed by atoms with Crippen molar-refractivity contribution in [2.45, 2.75) is 0 Å². The topological polar surface area (TPSA) is 111 Å². The second-order valence-electron chi connectivity index (χ2n) is 2.11. The predicted octanol–water partition coefficient (Wildman–Crippen LogP) is 0.197. The van der Waals surface area contributed by atoms with E-state index in [-0.39, 0.29) is 5.69 Å². The standard InChI is InChI=1S/C5H8N3O3P/c6-12(7,10)11-5(9)4-2-1-3-8-4/h1-3,8H,(H4,6,7,10). The molecule has 0 amide bonds. The van der Waals surface area contributed by atoms with Crippen LogP contribution in [0.2, 0.25) is 0 Å². The molecule has 12 heavy (non-hydrogen) atoms. The van der Waals surface area contributed by atoms with Crippen LogP contribution < -0.4 is 11.0 Å². The molecule has 0 aliphatic carbocycles. The van der Waals surface area contributed by atoms with Crippen molar-refractivity contribution in [3.8, 4) is 0 Å². The van der Waals surface area contributed by atoms with Crippen LogP contribution in [0, 0.1) is 0 Å². The van der Waals surface area contributed by atoms with Crippen molar-refractivity contribution in [3.63, 3.8) is 0 Å². The van der Waals surface area contributed by atoms with Crippen LogP contribution in [-0.4, -0.2) is 11.0 Å². The molecule has 6 nitrogen and oxygen atoms in total. The summed E-state index contributed by atoms with van der Waals surface area (Å²) in [5, 5.41) is 0. The van der Waals surface area contributed by atoms with Crippen molar-refractivity contribution in [3.05, 3.63) is 24.0 Å². The monoisotopic (exact) mass is 189 g/mol. The van der Waals surface area contributed by atoms with E-state index in [1.165, 1.54) is 12.3 Å². The van der Waals surface area contributed by atoms with Gasteiger partial charge in [-0.25, -0.2) is 20.4 Å². The number of hydrogen-bond acceptors (Lipinski definition) is 3. The zero-order valence-corrected chi connectivity index (χ0v) is 6.95. The molecule has 0 unspecified atom stereocenters. The number of rotatable bonds is 2. The predicted molar refractivity (Wildman–Crippen MR) is 42.2 cm³/mol. The molecule has 5 N–H and O–H groups in total. The van der Waals surface area contributed by atoms with Gasteiger partial charge in [0.2, 0.25) is 0 Å². The molecular formula is C5H8N3O3P. The summed E-state index contributed by atoms with van der Waals surface area (Å²) in [5.74, 6) is -0.826. The molecule has 66 valence electrons. The Hall–Kier alpha value is -1.10. The van der Waals surface area contributed by atoms with Gasteiger partial charge in [-0.15, -0.1) is 0 Å². The molecule has 0 radical (unpaired) electrons. The molecule has 0 spiro atoms. The summed E-state index contributed by atoms with van der Waals surface area (Å²) >= 11 is 0. The number of nitrogens with one attached hydrogen (secondary N) is 1. The van der Waals surface area contributed by atoms with Crippen LogP contribution in [0.15, 0.2) is 18.3 Å². The second-order valence-corrected chi connectivity index (χ2v) is 3.58. The molecule has 1 heterocycles. The highest BCUT2D eigenvalue weighted by molar-refractivity contribution is 7.54. The molecule has 0 aromatic carbocycles. The number of hydrogen-bond donors (Lipinski definition) is 3. The van der Waals surface area contributed by atoms with Crippen molar-refractivity contribution < 1.29 is 13.9 Å². The van der Waals surface area contributed by atoms with Crippen LogP contribution in [0.3, 0.4) is 0 Å². The number of nitrogens with two attached hydrogens (primary N) is 2. The Labute approximate surface area is 68.4 Å². The zero-order chi connectivity index (χ0) is 9.19. The fraction of sp³-hybridized carbons (Fsp3) is 0. The van der Waals surface area contributed by atoms with E-state index in [4.69, 9.17) is 11.0 Å². The number of carbonyl (C=O) groups is 1. The summed E-state index contributed by atoms with van der Waals surface area (Å²) in [5.41, 5.74) is 9.80. The third-order valence-corrected chi connectivity index (χ3v) is 1.49. The van der Waals surface area contributed by atoms with Crippen molar-refractivity contribution in [2.75, 3.05) is 0 Å². The summed E-state index contributed by atoms with van der Waals surface area (Å²) < 4.78 is 14.8. The van der Waals surface area contributed by atoms with Crippen LogP contribution >= 0.6 is 7.67 Å². The average molecular weight is 189 g/mol. The van der Waals surface area contributed by atoms with E-state index in [9.17, 15) is 9.36 Å². The quantitative estimate of drug-likeness (QED) is 0.575. The van der Waals surface area contributed by atoms with Crippen LogP contribution in [0.4, 0.5) is 0 Å². The average Bonchev–Trinajstić information content (AvgIpc) is 2.32. The Bertz CT molecular complexity index is 315. The fourth-order valence-corrected chi connectivity index (χ4v) is 0.994. The number of H-pyrrole nitrogens is 1. The van der Waals surface area contributed by atoms with Gasteiger partial charge in [-0.05, 0) is 12.1 Å². The number of carbonyl (C=O) groups excluding carboxylic acids is 1. The van der Waals surface area contributed by atoms with Crippen molar-refractivity contribution in [1.29, 1.82) is 0 Å². The van der Waals surface area contributed by atoms with Crippen molar-refractivity contribution >= 4 is 13.6 Å². The molecule has 1 aromatic heterocycles. The lowest BCUT2D eigenvalue weighted by molar-refractivity contribution is 0.0735. The Balaban J connectivity index is 2.69. The highest BCUT2D eigenvalue weighted by Crippen LogP contribution is 2.27. The van der Waals surface area contributed by atoms with Crippen molar-refractivity contribution in [2.24, 2.45) is 11.0 Å². The normalized spacial score (nSPS) is 11.2. The van der Waals surface area contributed by atoms with E-state index in [1.807, 2.05) is 0 Å². The minimum atomic E-state index is -3.73. The summed E-state index contributed by atoms with van der Waals surface area (Å²) in [4.78, 5) is 13.5.